The zero-order valence-corrected chi connectivity index (χ0v) is 24.4. The van der Waals surface area contributed by atoms with Crippen LogP contribution < -0.4 is 9.47 Å². The van der Waals surface area contributed by atoms with Crippen molar-refractivity contribution < 1.29 is 22.7 Å². The van der Waals surface area contributed by atoms with E-state index in [9.17, 15) is 13.2 Å². The molecular formula is C32H37N3O5S. The monoisotopic (exact) mass is 575 g/mol. The third-order valence-corrected chi connectivity index (χ3v) is 10.6. The normalized spacial score (nSPS) is 21.1. The lowest BCUT2D eigenvalue weighted by atomic mass is 9.98. The van der Waals surface area contributed by atoms with E-state index in [0.29, 0.717) is 23.6 Å². The Kier molecular flexibility index (Phi) is 7.76. The average Bonchev–Trinajstić information content (AvgIpc) is 3.49. The first-order valence-electron chi connectivity index (χ1n) is 14.4. The summed E-state index contributed by atoms with van der Waals surface area (Å²) in [6, 6.07) is 22.6. The summed E-state index contributed by atoms with van der Waals surface area (Å²) < 4.78 is 37.2. The van der Waals surface area contributed by atoms with Crippen molar-refractivity contribution in [2.24, 2.45) is 0 Å². The van der Waals surface area contributed by atoms with Crippen LogP contribution in [0.1, 0.15) is 48.7 Å². The molecule has 41 heavy (non-hydrogen) atoms. The number of hydrogen-bond donors (Lipinski definition) is 0. The number of hydrogen-bond acceptors (Lipinski definition) is 7. The summed E-state index contributed by atoms with van der Waals surface area (Å²) in [7, 11) is -3.66. The number of piperidine rings is 1. The average molecular weight is 576 g/mol. The van der Waals surface area contributed by atoms with Gasteiger partial charge in [0, 0.05) is 62.5 Å². The van der Waals surface area contributed by atoms with Crippen molar-refractivity contribution in [1.82, 2.24) is 14.7 Å². The number of nitrogens with zero attached hydrogens (tertiary/aromatic N) is 3. The minimum absolute atomic E-state index is 0.104. The van der Waals surface area contributed by atoms with E-state index in [1.807, 2.05) is 47.4 Å². The first kappa shape index (κ1) is 27.8. The Morgan fingerprint density at radius 3 is 2.24 bits per heavy atom. The van der Waals surface area contributed by atoms with E-state index in [1.165, 1.54) is 6.07 Å². The molecule has 6 rings (SSSR count). The van der Waals surface area contributed by atoms with Gasteiger partial charge in [-0.25, -0.2) is 8.42 Å². The first-order valence-corrected chi connectivity index (χ1v) is 15.9. The number of likely N-dealkylation sites (tertiary alicyclic amines) is 1. The largest absolute Gasteiger partial charge is 0.454 e. The van der Waals surface area contributed by atoms with E-state index in [4.69, 9.17) is 9.47 Å². The molecule has 0 N–H and O–H groups in total. The fourth-order valence-corrected chi connectivity index (χ4v) is 7.68. The molecule has 0 aliphatic carbocycles. The van der Waals surface area contributed by atoms with Gasteiger partial charge in [-0.3, -0.25) is 14.6 Å². The molecule has 0 saturated carbocycles. The zero-order chi connectivity index (χ0) is 28.6. The Balaban J connectivity index is 1.05. The number of fused-ring (bicyclic) bond motifs is 1. The molecule has 8 nitrogen and oxygen atoms in total. The SMILES string of the molecule is C[C@@H]1CN(C2CCN(C(=O)c3ccccc3)CC2)CCN1[C@@H](C)c1ccc(S(=O)(=O)c2ccc3c(c2)OCO3)cc1. The van der Waals surface area contributed by atoms with Crippen LogP contribution >= 0.6 is 0 Å². The second-order valence-electron chi connectivity index (χ2n) is 11.2. The highest BCUT2D eigenvalue weighted by molar-refractivity contribution is 7.91. The second kappa shape index (κ2) is 11.5. The van der Waals surface area contributed by atoms with Crippen LogP contribution in [-0.2, 0) is 9.84 Å². The van der Waals surface area contributed by atoms with Crippen molar-refractivity contribution in [3.63, 3.8) is 0 Å². The molecule has 0 aromatic heterocycles. The van der Waals surface area contributed by atoms with Crippen LogP contribution in [0, 0.1) is 0 Å². The molecule has 3 heterocycles. The van der Waals surface area contributed by atoms with Crippen LogP contribution in [0.4, 0.5) is 0 Å². The molecule has 9 heteroatoms. The van der Waals surface area contributed by atoms with Gasteiger partial charge in [0.05, 0.1) is 9.79 Å². The van der Waals surface area contributed by atoms with Crippen molar-refractivity contribution in [3.8, 4) is 11.5 Å². The molecule has 2 atom stereocenters. The van der Waals surface area contributed by atoms with Gasteiger partial charge in [-0.05, 0) is 68.7 Å². The number of amides is 1. The number of carbonyl (C=O) groups excluding carboxylic acids is 1. The summed E-state index contributed by atoms with van der Waals surface area (Å²) in [6.45, 7) is 9.09. The quantitative estimate of drug-likeness (QED) is 0.425. The van der Waals surface area contributed by atoms with Gasteiger partial charge in [0.1, 0.15) is 0 Å². The van der Waals surface area contributed by atoms with Crippen LogP contribution in [0.15, 0.2) is 82.6 Å². The molecular weight excluding hydrogens is 538 g/mol. The van der Waals surface area contributed by atoms with Crippen LogP contribution in [0.25, 0.3) is 0 Å². The van der Waals surface area contributed by atoms with E-state index in [0.717, 1.165) is 56.7 Å². The van der Waals surface area contributed by atoms with E-state index in [-0.39, 0.29) is 28.5 Å². The Morgan fingerprint density at radius 1 is 0.854 bits per heavy atom. The minimum atomic E-state index is -3.66. The Labute approximate surface area is 242 Å². The Bertz CT molecular complexity index is 1490. The van der Waals surface area contributed by atoms with Crippen molar-refractivity contribution in [3.05, 3.63) is 83.9 Å². The van der Waals surface area contributed by atoms with Gasteiger partial charge in [-0.15, -0.1) is 0 Å². The maximum atomic E-state index is 13.3. The van der Waals surface area contributed by atoms with Crippen LogP contribution in [-0.4, -0.2) is 80.6 Å². The van der Waals surface area contributed by atoms with Gasteiger partial charge in [0.2, 0.25) is 16.6 Å². The number of ether oxygens (including phenoxy) is 2. The highest BCUT2D eigenvalue weighted by atomic mass is 32.2. The van der Waals surface area contributed by atoms with Crippen LogP contribution in [0.3, 0.4) is 0 Å². The van der Waals surface area contributed by atoms with Crippen molar-refractivity contribution in [2.45, 2.75) is 54.6 Å². The van der Waals surface area contributed by atoms with Gasteiger partial charge < -0.3 is 14.4 Å². The van der Waals surface area contributed by atoms with Gasteiger partial charge in [0.25, 0.3) is 5.91 Å². The molecule has 3 aromatic rings. The third kappa shape index (κ3) is 5.58. The molecule has 3 aromatic carbocycles. The maximum Gasteiger partial charge on any atom is 0.253 e. The van der Waals surface area contributed by atoms with Gasteiger partial charge >= 0.3 is 0 Å². The van der Waals surface area contributed by atoms with E-state index in [2.05, 4.69) is 23.6 Å². The second-order valence-corrected chi connectivity index (χ2v) is 13.2. The van der Waals surface area contributed by atoms with Crippen LogP contribution in [0.2, 0.25) is 0 Å². The van der Waals surface area contributed by atoms with Crippen molar-refractivity contribution >= 4 is 15.7 Å². The molecule has 3 aliphatic heterocycles. The maximum absolute atomic E-state index is 13.3. The molecule has 2 fully saturated rings. The Morgan fingerprint density at radius 2 is 1.54 bits per heavy atom. The van der Waals surface area contributed by atoms with E-state index >= 15 is 0 Å². The number of carbonyl (C=O) groups is 1. The molecule has 0 spiro atoms. The predicted molar refractivity (Wildman–Crippen MR) is 156 cm³/mol. The molecule has 3 aliphatic rings. The standard InChI is InChI=1S/C32H37N3O5S/c1-23-21-34(27-14-16-33(17-15-27)32(36)26-6-4-3-5-7-26)18-19-35(23)24(2)25-8-10-28(11-9-25)41(37,38)29-12-13-30-31(20-29)40-22-39-30/h3-13,20,23-24,27H,14-19,21-22H2,1-2H3/t23-,24+/m1/s1. The lowest BCUT2D eigenvalue weighted by molar-refractivity contribution is 0.0135. The summed E-state index contributed by atoms with van der Waals surface area (Å²) in [4.78, 5) is 20.4. The lowest BCUT2D eigenvalue weighted by Crippen LogP contribution is -2.57. The zero-order valence-electron chi connectivity index (χ0n) is 23.6. The lowest BCUT2D eigenvalue weighted by Gasteiger charge is -2.47. The smallest absolute Gasteiger partial charge is 0.253 e. The molecule has 2 saturated heterocycles. The minimum Gasteiger partial charge on any atom is -0.454 e. The van der Waals surface area contributed by atoms with Crippen LogP contribution in [0.5, 0.6) is 11.5 Å². The fourth-order valence-electron chi connectivity index (χ4n) is 6.40. The molecule has 216 valence electrons. The topological polar surface area (TPSA) is 79.4 Å². The molecule has 0 radical (unpaired) electrons. The number of sulfone groups is 1. The summed E-state index contributed by atoms with van der Waals surface area (Å²) in [5.74, 6) is 1.15. The third-order valence-electron chi connectivity index (χ3n) is 8.82. The van der Waals surface area contributed by atoms with E-state index in [1.54, 1.807) is 24.3 Å². The number of rotatable bonds is 6. The Hall–Kier alpha value is -3.40. The van der Waals surface area contributed by atoms with Gasteiger partial charge in [-0.1, -0.05) is 30.3 Å². The highest BCUT2D eigenvalue weighted by Gasteiger charge is 2.34. The number of piperazine rings is 1. The van der Waals surface area contributed by atoms with Gasteiger partial charge in [0.15, 0.2) is 11.5 Å². The summed E-state index contributed by atoms with van der Waals surface area (Å²) in [5, 5.41) is 0. The summed E-state index contributed by atoms with van der Waals surface area (Å²) in [6.07, 6.45) is 2.00. The van der Waals surface area contributed by atoms with E-state index < -0.39 is 9.84 Å². The highest BCUT2D eigenvalue weighted by Crippen LogP contribution is 2.36. The first-order chi connectivity index (χ1) is 19.8. The van der Waals surface area contributed by atoms with Gasteiger partial charge in [-0.2, -0.15) is 0 Å². The fraction of sp³-hybridized carbons (Fsp3) is 0.406. The number of benzene rings is 3. The molecule has 0 bridgehead atoms. The van der Waals surface area contributed by atoms with Crippen molar-refractivity contribution in [2.75, 3.05) is 39.5 Å². The summed E-state index contributed by atoms with van der Waals surface area (Å²) >= 11 is 0. The van der Waals surface area contributed by atoms with Crippen molar-refractivity contribution in [1.29, 1.82) is 0 Å². The predicted octanol–water partition coefficient (Wildman–Crippen LogP) is 4.62. The molecule has 1 amide bonds. The molecule has 0 unspecified atom stereocenters. The summed E-state index contributed by atoms with van der Waals surface area (Å²) in [5.41, 5.74) is 1.86.